The van der Waals surface area contributed by atoms with Crippen LogP contribution in [0.15, 0.2) is 54.6 Å². The number of anilines is 1. The van der Waals surface area contributed by atoms with Crippen molar-refractivity contribution >= 4 is 17.3 Å². The van der Waals surface area contributed by atoms with Crippen LogP contribution in [0.25, 0.3) is 0 Å². The van der Waals surface area contributed by atoms with E-state index in [2.05, 4.69) is 5.32 Å². The third-order valence-corrected chi connectivity index (χ3v) is 5.25. The summed E-state index contributed by atoms with van der Waals surface area (Å²) in [5, 5.41) is 13.9. The van der Waals surface area contributed by atoms with E-state index in [-0.39, 0.29) is 18.2 Å². The Morgan fingerprint density at radius 3 is 2.47 bits per heavy atom. The van der Waals surface area contributed by atoms with Crippen LogP contribution in [-0.2, 0) is 6.61 Å². The molecule has 0 fully saturated rings. The van der Waals surface area contributed by atoms with Gasteiger partial charge in [-0.15, -0.1) is 0 Å². The lowest BCUT2D eigenvalue weighted by Gasteiger charge is -2.14. The Morgan fingerprint density at radius 1 is 1.00 bits per heavy atom. The topological polar surface area (TPSA) is 90.7 Å². The zero-order valence-corrected chi connectivity index (χ0v) is 18.6. The Labute approximate surface area is 187 Å². The third-order valence-electron chi connectivity index (χ3n) is 5.25. The van der Waals surface area contributed by atoms with E-state index in [9.17, 15) is 14.9 Å². The van der Waals surface area contributed by atoms with Gasteiger partial charge in [-0.25, -0.2) is 0 Å². The van der Waals surface area contributed by atoms with E-state index in [1.807, 2.05) is 39.0 Å². The van der Waals surface area contributed by atoms with E-state index in [1.165, 1.54) is 11.6 Å². The molecule has 0 spiro atoms. The largest absolute Gasteiger partial charge is 0.493 e. The van der Waals surface area contributed by atoms with Crippen molar-refractivity contribution < 1.29 is 19.2 Å². The fourth-order valence-corrected chi connectivity index (χ4v) is 3.25. The van der Waals surface area contributed by atoms with Crippen LogP contribution < -0.4 is 14.8 Å². The van der Waals surface area contributed by atoms with Gasteiger partial charge < -0.3 is 14.8 Å². The van der Waals surface area contributed by atoms with Crippen molar-refractivity contribution in [3.05, 3.63) is 92.5 Å². The molecular formula is C25H26N2O5. The molecule has 32 heavy (non-hydrogen) atoms. The van der Waals surface area contributed by atoms with Gasteiger partial charge in [0.15, 0.2) is 0 Å². The van der Waals surface area contributed by atoms with Gasteiger partial charge in [0.05, 0.1) is 22.8 Å². The van der Waals surface area contributed by atoms with Crippen molar-refractivity contribution in [3.63, 3.8) is 0 Å². The molecule has 166 valence electrons. The van der Waals surface area contributed by atoms with Crippen LogP contribution in [0.2, 0.25) is 0 Å². The maximum atomic E-state index is 12.9. The molecule has 7 nitrogen and oxygen atoms in total. The molecule has 1 amide bonds. The number of nitro benzene ring substituents is 1. The molecule has 3 rings (SSSR count). The number of rotatable bonds is 8. The summed E-state index contributed by atoms with van der Waals surface area (Å²) < 4.78 is 11.6. The second-order valence-electron chi connectivity index (χ2n) is 7.45. The normalized spacial score (nSPS) is 10.5. The highest BCUT2D eigenvalue weighted by molar-refractivity contribution is 6.05. The van der Waals surface area contributed by atoms with Gasteiger partial charge in [-0.2, -0.15) is 0 Å². The fourth-order valence-electron chi connectivity index (χ4n) is 3.25. The average molecular weight is 434 g/mol. The molecule has 1 N–H and O–H groups in total. The molecule has 0 aliphatic rings. The number of carbonyl (C=O) groups excluding carboxylic acids is 1. The number of hydrogen-bond acceptors (Lipinski definition) is 5. The fraction of sp³-hybridized carbons (Fsp3) is 0.240. The molecule has 0 saturated heterocycles. The van der Waals surface area contributed by atoms with Crippen LogP contribution in [0.4, 0.5) is 11.4 Å². The van der Waals surface area contributed by atoms with Crippen LogP contribution in [-0.4, -0.2) is 17.4 Å². The zero-order valence-electron chi connectivity index (χ0n) is 18.6. The minimum Gasteiger partial charge on any atom is -0.493 e. The first-order valence-electron chi connectivity index (χ1n) is 10.3. The monoisotopic (exact) mass is 434 g/mol. The Balaban J connectivity index is 1.83. The minimum absolute atomic E-state index is 0.0445. The van der Waals surface area contributed by atoms with Gasteiger partial charge in [0.25, 0.3) is 11.6 Å². The molecule has 7 heteroatoms. The number of nitro groups is 1. The highest BCUT2D eigenvalue weighted by Gasteiger charge is 2.17. The summed E-state index contributed by atoms with van der Waals surface area (Å²) in [5.41, 5.74) is 4.19. The molecule has 0 radical (unpaired) electrons. The van der Waals surface area contributed by atoms with Gasteiger partial charge in [-0.3, -0.25) is 14.9 Å². The molecule has 0 unspecified atom stereocenters. The number of nitrogens with zero attached hydrogens (tertiary/aromatic N) is 1. The van der Waals surface area contributed by atoms with Crippen LogP contribution in [0.3, 0.4) is 0 Å². The number of amides is 1. The number of hydrogen-bond donors (Lipinski definition) is 1. The van der Waals surface area contributed by atoms with Gasteiger partial charge in [0, 0.05) is 17.2 Å². The summed E-state index contributed by atoms with van der Waals surface area (Å²) in [6.45, 7) is 8.27. The van der Waals surface area contributed by atoms with Crippen molar-refractivity contribution in [2.45, 2.75) is 34.3 Å². The summed E-state index contributed by atoms with van der Waals surface area (Å²) in [4.78, 5) is 23.6. The van der Waals surface area contributed by atoms with Crippen molar-refractivity contribution in [2.24, 2.45) is 0 Å². The van der Waals surface area contributed by atoms with Gasteiger partial charge in [-0.05, 0) is 75.2 Å². The highest BCUT2D eigenvalue weighted by atomic mass is 16.6. The van der Waals surface area contributed by atoms with Crippen LogP contribution >= 0.6 is 0 Å². The van der Waals surface area contributed by atoms with Gasteiger partial charge in [0.2, 0.25) is 0 Å². The van der Waals surface area contributed by atoms with E-state index in [0.717, 1.165) is 16.9 Å². The lowest BCUT2D eigenvalue weighted by Crippen LogP contribution is -2.14. The number of benzene rings is 3. The second kappa shape index (κ2) is 9.96. The van der Waals surface area contributed by atoms with E-state index in [1.54, 1.807) is 37.3 Å². The molecule has 0 aromatic heterocycles. The average Bonchev–Trinajstić information content (AvgIpc) is 2.76. The lowest BCUT2D eigenvalue weighted by atomic mass is 10.1. The Kier molecular flexibility index (Phi) is 7.10. The van der Waals surface area contributed by atoms with E-state index >= 15 is 0 Å². The quantitative estimate of drug-likeness (QED) is 0.360. The Hall–Kier alpha value is -3.87. The lowest BCUT2D eigenvalue weighted by molar-refractivity contribution is -0.385. The van der Waals surface area contributed by atoms with Crippen molar-refractivity contribution in [1.29, 1.82) is 0 Å². The Bertz CT molecular complexity index is 1160. The van der Waals surface area contributed by atoms with Gasteiger partial charge >= 0.3 is 0 Å². The molecule has 0 bridgehead atoms. The maximum Gasteiger partial charge on any atom is 0.274 e. The van der Waals surface area contributed by atoms with Crippen LogP contribution in [0, 0.1) is 30.9 Å². The molecule has 0 aliphatic carbocycles. The van der Waals surface area contributed by atoms with Crippen LogP contribution in [0.5, 0.6) is 11.5 Å². The predicted octanol–water partition coefficient (Wildman–Crippen LogP) is 5.75. The van der Waals surface area contributed by atoms with Gasteiger partial charge in [0.1, 0.15) is 18.1 Å². The molecule has 0 aliphatic heterocycles. The summed E-state index contributed by atoms with van der Waals surface area (Å²) >= 11 is 0. The molecule has 0 atom stereocenters. The third kappa shape index (κ3) is 5.24. The smallest absolute Gasteiger partial charge is 0.274 e. The molecule has 0 saturated carbocycles. The Morgan fingerprint density at radius 2 is 1.78 bits per heavy atom. The summed E-state index contributed by atoms with van der Waals surface area (Å²) in [7, 11) is 0. The predicted molar refractivity (Wildman–Crippen MR) is 124 cm³/mol. The van der Waals surface area contributed by atoms with Crippen molar-refractivity contribution in [2.75, 3.05) is 11.9 Å². The molecule has 3 aromatic carbocycles. The van der Waals surface area contributed by atoms with Crippen molar-refractivity contribution in [3.8, 4) is 11.5 Å². The summed E-state index contributed by atoms with van der Waals surface area (Å²) in [6.07, 6.45) is 0. The maximum absolute atomic E-state index is 12.9. The second-order valence-corrected chi connectivity index (χ2v) is 7.45. The molecule has 3 aromatic rings. The van der Waals surface area contributed by atoms with E-state index in [4.69, 9.17) is 9.47 Å². The first-order chi connectivity index (χ1) is 15.3. The number of carbonyl (C=O) groups is 1. The highest BCUT2D eigenvalue weighted by Crippen LogP contribution is 2.27. The molecular weight excluding hydrogens is 408 g/mol. The minimum atomic E-state index is -0.468. The SMILES string of the molecule is CCOc1ccc(C(=O)Nc2cccc([N+](=O)[O-])c2C)cc1COc1ccc(C)c(C)c1. The number of aryl methyl sites for hydroxylation is 2. The first-order valence-corrected chi connectivity index (χ1v) is 10.3. The van der Waals surface area contributed by atoms with E-state index < -0.39 is 4.92 Å². The molecule has 0 heterocycles. The van der Waals surface area contributed by atoms with Crippen LogP contribution in [0.1, 0.15) is 39.5 Å². The van der Waals surface area contributed by atoms with E-state index in [0.29, 0.717) is 29.2 Å². The standard InChI is InChI=1S/C25H26N2O5/c1-5-31-24-12-10-19(14-20(24)15-32-21-11-9-16(2)17(3)13-21)25(28)26-22-7-6-8-23(18(22)4)27(29)30/h6-14H,5,15H2,1-4H3,(H,26,28). The summed E-state index contributed by atoms with van der Waals surface area (Å²) in [6, 6.07) is 15.6. The summed E-state index contributed by atoms with van der Waals surface area (Å²) in [5.74, 6) is 1.00. The number of nitrogens with one attached hydrogen (secondary N) is 1. The first kappa shape index (κ1) is 22.8. The number of ether oxygens (including phenoxy) is 2. The van der Waals surface area contributed by atoms with Gasteiger partial charge in [-0.1, -0.05) is 12.1 Å². The zero-order chi connectivity index (χ0) is 23.3. The van der Waals surface area contributed by atoms with Crippen molar-refractivity contribution in [1.82, 2.24) is 0 Å².